The number of nitrogens with one attached hydrogen (secondary N) is 2. The third kappa shape index (κ3) is 6.20. The van der Waals surface area contributed by atoms with Gasteiger partial charge in [-0.15, -0.1) is 0 Å². The Bertz CT molecular complexity index is 1150. The van der Waals surface area contributed by atoms with Gasteiger partial charge in [-0.1, -0.05) is 19.9 Å². The Morgan fingerprint density at radius 3 is 2.45 bits per heavy atom. The van der Waals surface area contributed by atoms with Gasteiger partial charge < -0.3 is 19.5 Å². The normalized spacial score (nSPS) is 14.0. The number of ether oxygens (including phenoxy) is 3. The highest BCUT2D eigenvalue weighted by molar-refractivity contribution is 7.89. The van der Waals surface area contributed by atoms with Crippen molar-refractivity contribution in [2.24, 2.45) is 5.92 Å². The van der Waals surface area contributed by atoms with Gasteiger partial charge in [0.2, 0.25) is 10.0 Å². The Balaban J connectivity index is 1.64. The van der Waals surface area contributed by atoms with Crippen molar-refractivity contribution in [3.05, 3.63) is 47.8 Å². The Labute approximate surface area is 191 Å². The topological polar surface area (TPSA) is 120 Å². The summed E-state index contributed by atoms with van der Waals surface area (Å²) >= 11 is 0. The summed E-state index contributed by atoms with van der Waals surface area (Å²) < 4.78 is 57.7. The number of carbonyl (C=O) groups is 2. The zero-order chi connectivity index (χ0) is 24.2. The summed E-state index contributed by atoms with van der Waals surface area (Å²) in [6, 6.07) is 7.12. The maximum atomic E-state index is 13.9. The van der Waals surface area contributed by atoms with Crippen LogP contribution in [0.5, 0.6) is 11.5 Å². The molecule has 2 aromatic rings. The molecule has 178 valence electrons. The molecular weight excluding hydrogens is 455 g/mol. The van der Waals surface area contributed by atoms with Crippen LogP contribution in [0.1, 0.15) is 19.4 Å². The molecule has 0 bridgehead atoms. The van der Waals surface area contributed by atoms with Crippen LogP contribution in [0.3, 0.4) is 0 Å². The van der Waals surface area contributed by atoms with Crippen LogP contribution in [0.2, 0.25) is 0 Å². The molecule has 0 radical (unpaired) electrons. The number of rotatable bonds is 8. The molecule has 2 aromatic carbocycles. The number of hydrogen-bond acceptors (Lipinski definition) is 7. The van der Waals surface area contributed by atoms with Gasteiger partial charge in [-0.25, -0.2) is 12.8 Å². The SMILES string of the molecule is Cc1ccc(NC(=O)COC(=O)[C@@H](NS(=O)(=O)c2ccc3c(c2)OCCO3)C(C)C)c(F)c1. The van der Waals surface area contributed by atoms with E-state index in [1.54, 1.807) is 26.8 Å². The number of sulfonamides is 1. The Hall–Kier alpha value is -3.18. The van der Waals surface area contributed by atoms with Crippen LogP contribution in [0.15, 0.2) is 41.3 Å². The van der Waals surface area contributed by atoms with Crippen molar-refractivity contribution in [1.29, 1.82) is 0 Å². The summed E-state index contributed by atoms with van der Waals surface area (Å²) in [7, 11) is -4.12. The molecule has 1 heterocycles. The van der Waals surface area contributed by atoms with Gasteiger partial charge in [0.05, 0.1) is 10.6 Å². The number of halogens is 1. The van der Waals surface area contributed by atoms with E-state index in [1.807, 2.05) is 0 Å². The van der Waals surface area contributed by atoms with Gasteiger partial charge in [0.15, 0.2) is 18.1 Å². The zero-order valence-corrected chi connectivity index (χ0v) is 19.2. The minimum Gasteiger partial charge on any atom is -0.486 e. The molecule has 3 rings (SSSR count). The Kier molecular flexibility index (Phi) is 7.54. The lowest BCUT2D eigenvalue weighted by molar-refractivity contribution is -0.150. The van der Waals surface area contributed by atoms with E-state index < -0.39 is 46.3 Å². The van der Waals surface area contributed by atoms with Crippen LogP contribution >= 0.6 is 0 Å². The summed E-state index contributed by atoms with van der Waals surface area (Å²) in [5, 5.41) is 2.31. The smallest absolute Gasteiger partial charge is 0.324 e. The predicted molar refractivity (Wildman–Crippen MR) is 117 cm³/mol. The minimum atomic E-state index is -4.12. The zero-order valence-electron chi connectivity index (χ0n) is 18.4. The Morgan fingerprint density at radius 1 is 1.09 bits per heavy atom. The number of hydrogen-bond donors (Lipinski definition) is 2. The number of fused-ring (bicyclic) bond motifs is 1. The van der Waals surface area contributed by atoms with Gasteiger partial charge in [0.1, 0.15) is 25.1 Å². The van der Waals surface area contributed by atoms with Crippen LogP contribution in [0, 0.1) is 18.7 Å². The van der Waals surface area contributed by atoms with Crippen molar-refractivity contribution in [3.63, 3.8) is 0 Å². The molecule has 1 aliphatic heterocycles. The van der Waals surface area contributed by atoms with Crippen LogP contribution in [-0.2, 0) is 24.3 Å². The summed E-state index contributed by atoms with van der Waals surface area (Å²) in [6.07, 6.45) is 0. The third-order valence-corrected chi connectivity index (χ3v) is 6.21. The number of benzene rings is 2. The molecule has 0 unspecified atom stereocenters. The van der Waals surface area contributed by atoms with Gasteiger partial charge in [-0.05, 0) is 42.7 Å². The first-order valence-corrected chi connectivity index (χ1v) is 11.7. The van der Waals surface area contributed by atoms with Gasteiger partial charge in [-0.2, -0.15) is 4.72 Å². The quantitative estimate of drug-likeness (QED) is 0.557. The molecule has 1 atom stereocenters. The number of esters is 1. The Morgan fingerprint density at radius 2 is 1.79 bits per heavy atom. The number of amides is 1. The molecular formula is C22H25FN2O7S. The van der Waals surface area contributed by atoms with Crippen LogP contribution < -0.4 is 19.5 Å². The second kappa shape index (κ2) is 10.2. The largest absolute Gasteiger partial charge is 0.486 e. The van der Waals surface area contributed by atoms with Crippen molar-refractivity contribution in [2.75, 3.05) is 25.1 Å². The molecule has 1 aliphatic rings. The molecule has 9 nitrogen and oxygen atoms in total. The van der Waals surface area contributed by atoms with Crippen LogP contribution in [-0.4, -0.2) is 46.2 Å². The molecule has 0 fully saturated rings. The van der Waals surface area contributed by atoms with Gasteiger partial charge in [0.25, 0.3) is 5.91 Å². The number of carbonyl (C=O) groups excluding carboxylic acids is 2. The second-order valence-electron chi connectivity index (χ2n) is 7.79. The van der Waals surface area contributed by atoms with Crippen molar-refractivity contribution >= 4 is 27.6 Å². The first-order chi connectivity index (χ1) is 15.6. The predicted octanol–water partition coefficient (Wildman–Crippen LogP) is 2.39. The van der Waals surface area contributed by atoms with Crippen molar-refractivity contribution in [2.45, 2.75) is 31.7 Å². The maximum absolute atomic E-state index is 13.9. The molecule has 2 N–H and O–H groups in total. The highest BCUT2D eigenvalue weighted by Crippen LogP contribution is 2.32. The monoisotopic (exact) mass is 480 g/mol. The molecule has 0 saturated heterocycles. The first-order valence-electron chi connectivity index (χ1n) is 10.2. The van der Waals surface area contributed by atoms with E-state index in [0.717, 1.165) is 0 Å². The van der Waals surface area contributed by atoms with E-state index >= 15 is 0 Å². The van der Waals surface area contributed by atoms with Crippen LogP contribution in [0.25, 0.3) is 0 Å². The summed E-state index contributed by atoms with van der Waals surface area (Å²) in [5.74, 6) is -2.10. The van der Waals surface area contributed by atoms with Gasteiger partial charge >= 0.3 is 5.97 Å². The minimum absolute atomic E-state index is 0.0543. The van der Waals surface area contributed by atoms with E-state index in [9.17, 15) is 22.4 Å². The third-order valence-electron chi connectivity index (χ3n) is 4.77. The first kappa shape index (κ1) is 24.5. The summed E-state index contributed by atoms with van der Waals surface area (Å²) in [4.78, 5) is 24.5. The van der Waals surface area contributed by atoms with Gasteiger partial charge in [-0.3, -0.25) is 9.59 Å². The standard InChI is InChI=1S/C22H25FN2O7S/c1-13(2)21(22(27)32-12-20(26)24-17-6-4-14(3)10-16(17)23)25-33(28,29)15-5-7-18-19(11-15)31-9-8-30-18/h4-7,10-11,13,21,25H,8-9,12H2,1-3H3,(H,24,26)/t21-/m0/s1. The maximum Gasteiger partial charge on any atom is 0.324 e. The molecule has 0 aliphatic carbocycles. The van der Waals surface area contributed by atoms with Crippen molar-refractivity contribution in [1.82, 2.24) is 4.72 Å². The highest BCUT2D eigenvalue weighted by Gasteiger charge is 2.31. The average molecular weight is 481 g/mol. The van der Waals surface area contributed by atoms with Crippen LogP contribution in [0.4, 0.5) is 10.1 Å². The fourth-order valence-corrected chi connectivity index (χ4v) is 4.36. The van der Waals surface area contributed by atoms with E-state index in [2.05, 4.69) is 10.0 Å². The lowest BCUT2D eigenvalue weighted by atomic mass is 10.1. The lowest BCUT2D eigenvalue weighted by Gasteiger charge is -2.22. The fraction of sp³-hybridized carbons (Fsp3) is 0.364. The molecule has 0 saturated carbocycles. The summed E-state index contributed by atoms with van der Waals surface area (Å²) in [5.41, 5.74) is 0.628. The van der Waals surface area contributed by atoms with E-state index in [4.69, 9.17) is 14.2 Å². The average Bonchev–Trinajstić information content (AvgIpc) is 2.77. The van der Waals surface area contributed by atoms with E-state index in [-0.39, 0.29) is 16.3 Å². The number of aryl methyl sites for hydroxylation is 1. The molecule has 0 spiro atoms. The lowest BCUT2D eigenvalue weighted by Crippen LogP contribution is -2.45. The summed E-state index contributed by atoms with van der Waals surface area (Å²) in [6.45, 7) is 4.90. The van der Waals surface area contributed by atoms with Crippen molar-refractivity contribution < 1.29 is 36.6 Å². The second-order valence-corrected chi connectivity index (χ2v) is 9.50. The fourth-order valence-electron chi connectivity index (χ4n) is 3.02. The van der Waals surface area contributed by atoms with E-state index in [0.29, 0.717) is 24.5 Å². The number of anilines is 1. The van der Waals surface area contributed by atoms with Gasteiger partial charge in [0, 0.05) is 6.07 Å². The highest BCUT2D eigenvalue weighted by atomic mass is 32.2. The van der Waals surface area contributed by atoms with E-state index in [1.165, 1.54) is 30.3 Å². The molecule has 1 amide bonds. The molecule has 0 aromatic heterocycles. The van der Waals surface area contributed by atoms with Crippen molar-refractivity contribution in [3.8, 4) is 11.5 Å². The molecule has 11 heteroatoms. The molecule has 33 heavy (non-hydrogen) atoms.